The summed E-state index contributed by atoms with van der Waals surface area (Å²) in [6, 6.07) is 14.7. The SMILES string of the molecule is CCCCc1ccc(NCc2ccc(C#N)cc2F)cc1. The van der Waals surface area contributed by atoms with Gasteiger partial charge in [0.05, 0.1) is 11.6 Å². The van der Waals surface area contributed by atoms with Crippen LogP contribution in [0, 0.1) is 17.1 Å². The standard InChI is InChI=1S/C18H19FN2/c1-2-3-4-14-6-9-17(10-7-14)21-13-16-8-5-15(12-20)11-18(16)19/h5-11,21H,2-4,13H2,1H3. The zero-order valence-electron chi connectivity index (χ0n) is 12.2. The van der Waals surface area contributed by atoms with Crippen molar-refractivity contribution in [2.45, 2.75) is 32.7 Å². The zero-order chi connectivity index (χ0) is 15.1. The van der Waals surface area contributed by atoms with Crippen molar-refractivity contribution in [2.24, 2.45) is 0 Å². The van der Waals surface area contributed by atoms with Crippen molar-refractivity contribution in [2.75, 3.05) is 5.32 Å². The van der Waals surface area contributed by atoms with Crippen LogP contribution < -0.4 is 5.32 Å². The van der Waals surface area contributed by atoms with E-state index in [0.717, 1.165) is 12.1 Å². The second-order valence-electron chi connectivity index (χ2n) is 5.07. The Balaban J connectivity index is 1.95. The largest absolute Gasteiger partial charge is 0.381 e. The normalized spacial score (nSPS) is 10.1. The third-order valence-corrected chi connectivity index (χ3v) is 3.44. The molecule has 21 heavy (non-hydrogen) atoms. The molecule has 0 fully saturated rings. The van der Waals surface area contributed by atoms with E-state index in [-0.39, 0.29) is 5.82 Å². The van der Waals surface area contributed by atoms with Gasteiger partial charge in [-0.25, -0.2) is 4.39 Å². The number of anilines is 1. The number of rotatable bonds is 6. The fourth-order valence-electron chi connectivity index (χ4n) is 2.13. The molecule has 0 amide bonds. The maximum atomic E-state index is 13.8. The van der Waals surface area contributed by atoms with Crippen LogP contribution in [0.25, 0.3) is 0 Å². The van der Waals surface area contributed by atoms with E-state index in [1.807, 2.05) is 18.2 Å². The van der Waals surface area contributed by atoms with Gasteiger partial charge in [-0.1, -0.05) is 31.5 Å². The molecule has 3 heteroatoms. The van der Waals surface area contributed by atoms with Gasteiger partial charge in [0.2, 0.25) is 0 Å². The van der Waals surface area contributed by atoms with Gasteiger partial charge in [0.1, 0.15) is 5.82 Å². The lowest BCUT2D eigenvalue weighted by molar-refractivity contribution is 0.612. The van der Waals surface area contributed by atoms with Crippen molar-refractivity contribution in [3.8, 4) is 6.07 Å². The van der Waals surface area contributed by atoms with Crippen molar-refractivity contribution < 1.29 is 4.39 Å². The van der Waals surface area contributed by atoms with Gasteiger partial charge >= 0.3 is 0 Å². The van der Waals surface area contributed by atoms with Gasteiger partial charge in [0, 0.05) is 17.8 Å². The van der Waals surface area contributed by atoms with Crippen molar-refractivity contribution in [1.29, 1.82) is 5.26 Å². The summed E-state index contributed by atoms with van der Waals surface area (Å²) in [6.45, 7) is 2.59. The summed E-state index contributed by atoms with van der Waals surface area (Å²) in [6.07, 6.45) is 3.49. The smallest absolute Gasteiger partial charge is 0.129 e. The minimum atomic E-state index is -0.346. The quantitative estimate of drug-likeness (QED) is 0.837. The molecule has 0 radical (unpaired) electrons. The van der Waals surface area contributed by atoms with Gasteiger partial charge in [-0.05, 0) is 42.7 Å². The molecular formula is C18H19FN2. The number of nitrogens with one attached hydrogen (secondary N) is 1. The molecule has 1 N–H and O–H groups in total. The second kappa shape index (κ2) is 7.44. The first-order valence-corrected chi connectivity index (χ1v) is 7.24. The van der Waals surface area contributed by atoms with Gasteiger partial charge in [0.15, 0.2) is 0 Å². The maximum absolute atomic E-state index is 13.8. The third kappa shape index (κ3) is 4.32. The highest BCUT2D eigenvalue weighted by molar-refractivity contribution is 5.45. The van der Waals surface area contributed by atoms with Crippen molar-refractivity contribution in [1.82, 2.24) is 0 Å². The predicted octanol–water partition coefficient (Wildman–Crippen LogP) is 4.65. The summed E-state index contributed by atoms with van der Waals surface area (Å²) >= 11 is 0. The van der Waals surface area contributed by atoms with Crippen LogP contribution in [0.15, 0.2) is 42.5 Å². The second-order valence-corrected chi connectivity index (χ2v) is 5.07. The van der Waals surface area contributed by atoms with Gasteiger partial charge in [-0.2, -0.15) is 5.26 Å². The summed E-state index contributed by atoms with van der Waals surface area (Å²) in [5.41, 5.74) is 3.20. The molecule has 0 saturated heterocycles. The Hall–Kier alpha value is -2.34. The molecule has 0 spiro atoms. The van der Waals surface area contributed by atoms with Crippen molar-refractivity contribution in [3.05, 3.63) is 65.0 Å². The zero-order valence-corrected chi connectivity index (χ0v) is 12.2. The van der Waals surface area contributed by atoms with Crippen LogP contribution in [-0.2, 0) is 13.0 Å². The first-order chi connectivity index (χ1) is 10.2. The van der Waals surface area contributed by atoms with E-state index in [2.05, 4.69) is 24.4 Å². The van der Waals surface area contributed by atoms with Crippen molar-refractivity contribution in [3.63, 3.8) is 0 Å². The Morgan fingerprint density at radius 1 is 1.14 bits per heavy atom. The van der Waals surface area contributed by atoms with Crippen LogP contribution in [0.5, 0.6) is 0 Å². The first-order valence-electron chi connectivity index (χ1n) is 7.24. The molecule has 2 aromatic rings. The molecular weight excluding hydrogens is 263 g/mol. The molecule has 0 heterocycles. The van der Waals surface area contributed by atoms with Crippen LogP contribution >= 0.6 is 0 Å². The minimum absolute atomic E-state index is 0.344. The number of unbranched alkanes of at least 4 members (excludes halogenated alkanes) is 1. The molecule has 0 aliphatic carbocycles. The molecule has 0 atom stereocenters. The number of halogens is 1. The molecule has 0 aromatic heterocycles. The Labute approximate surface area is 125 Å². The van der Waals surface area contributed by atoms with Gasteiger partial charge in [-0.3, -0.25) is 0 Å². The van der Waals surface area contributed by atoms with Crippen LogP contribution in [0.2, 0.25) is 0 Å². The van der Waals surface area contributed by atoms with E-state index >= 15 is 0 Å². The lowest BCUT2D eigenvalue weighted by atomic mass is 10.1. The van der Waals surface area contributed by atoms with Crippen LogP contribution in [0.3, 0.4) is 0 Å². The monoisotopic (exact) mass is 282 g/mol. The molecule has 2 rings (SSSR count). The highest BCUT2D eigenvalue weighted by atomic mass is 19.1. The number of hydrogen-bond acceptors (Lipinski definition) is 2. The molecule has 2 aromatic carbocycles. The van der Waals surface area contributed by atoms with E-state index in [0.29, 0.717) is 17.7 Å². The van der Waals surface area contributed by atoms with E-state index in [9.17, 15) is 4.39 Å². The lowest BCUT2D eigenvalue weighted by Gasteiger charge is -2.08. The number of hydrogen-bond donors (Lipinski definition) is 1. The first kappa shape index (κ1) is 15.1. The fourth-order valence-corrected chi connectivity index (χ4v) is 2.13. The van der Waals surface area contributed by atoms with Crippen LogP contribution in [0.1, 0.15) is 36.5 Å². The number of nitrogens with zero attached hydrogens (tertiary/aromatic N) is 1. The molecule has 0 bridgehead atoms. The average molecular weight is 282 g/mol. The average Bonchev–Trinajstić information content (AvgIpc) is 2.52. The van der Waals surface area contributed by atoms with E-state index in [1.165, 1.54) is 24.5 Å². The van der Waals surface area contributed by atoms with E-state index < -0.39 is 0 Å². The van der Waals surface area contributed by atoms with E-state index in [1.54, 1.807) is 12.1 Å². The fraction of sp³-hybridized carbons (Fsp3) is 0.278. The minimum Gasteiger partial charge on any atom is -0.381 e. The van der Waals surface area contributed by atoms with Gasteiger partial charge in [0.25, 0.3) is 0 Å². The highest BCUT2D eigenvalue weighted by Gasteiger charge is 2.03. The topological polar surface area (TPSA) is 35.8 Å². The lowest BCUT2D eigenvalue weighted by Crippen LogP contribution is -2.02. The molecule has 2 nitrogen and oxygen atoms in total. The van der Waals surface area contributed by atoms with E-state index in [4.69, 9.17) is 5.26 Å². The highest BCUT2D eigenvalue weighted by Crippen LogP contribution is 2.15. The third-order valence-electron chi connectivity index (χ3n) is 3.44. The van der Waals surface area contributed by atoms with Crippen LogP contribution in [0.4, 0.5) is 10.1 Å². The number of nitriles is 1. The van der Waals surface area contributed by atoms with Crippen molar-refractivity contribution >= 4 is 5.69 Å². The Kier molecular flexibility index (Phi) is 5.34. The Bertz CT molecular complexity index is 627. The Morgan fingerprint density at radius 2 is 1.90 bits per heavy atom. The predicted molar refractivity (Wildman–Crippen MR) is 83.5 cm³/mol. The molecule has 0 saturated carbocycles. The van der Waals surface area contributed by atoms with Gasteiger partial charge in [-0.15, -0.1) is 0 Å². The molecule has 0 aliphatic rings. The summed E-state index contributed by atoms with van der Waals surface area (Å²) in [5.74, 6) is -0.346. The molecule has 108 valence electrons. The molecule has 0 unspecified atom stereocenters. The summed E-state index contributed by atoms with van der Waals surface area (Å²) in [5, 5.41) is 11.9. The number of aryl methyl sites for hydroxylation is 1. The maximum Gasteiger partial charge on any atom is 0.129 e. The number of benzene rings is 2. The van der Waals surface area contributed by atoms with Gasteiger partial charge < -0.3 is 5.32 Å². The molecule has 0 aliphatic heterocycles. The summed E-state index contributed by atoms with van der Waals surface area (Å²) in [7, 11) is 0. The summed E-state index contributed by atoms with van der Waals surface area (Å²) in [4.78, 5) is 0. The summed E-state index contributed by atoms with van der Waals surface area (Å²) < 4.78 is 13.8. The van der Waals surface area contributed by atoms with Crippen LogP contribution in [-0.4, -0.2) is 0 Å². The Morgan fingerprint density at radius 3 is 2.52 bits per heavy atom.